The molecule has 1 aromatic heterocycles. The Morgan fingerprint density at radius 2 is 2.12 bits per heavy atom. The van der Waals surface area contributed by atoms with E-state index in [2.05, 4.69) is 30.7 Å². The molecule has 0 spiro atoms. The van der Waals surface area contributed by atoms with Crippen molar-refractivity contribution in [2.24, 2.45) is 0 Å². The van der Waals surface area contributed by atoms with Gasteiger partial charge in [0.25, 0.3) is 0 Å². The van der Waals surface area contributed by atoms with Crippen LogP contribution < -0.4 is 0 Å². The number of ether oxygens (including phenoxy) is 1. The SMILES string of the molecule is CCOCCc1nc(=S)cc(C(C)(C)C)[nH]1. The van der Waals surface area contributed by atoms with Crippen LogP contribution in [0, 0.1) is 4.64 Å². The molecule has 1 aromatic rings. The molecular formula is C12H20N2OS. The Kier molecular flexibility index (Phi) is 4.62. The van der Waals surface area contributed by atoms with Crippen LogP contribution in [0.5, 0.6) is 0 Å². The first-order valence-electron chi connectivity index (χ1n) is 5.62. The average Bonchev–Trinajstić information content (AvgIpc) is 2.16. The molecule has 0 aliphatic rings. The molecule has 0 saturated heterocycles. The number of nitrogens with one attached hydrogen (secondary N) is 1. The quantitative estimate of drug-likeness (QED) is 0.649. The zero-order valence-electron chi connectivity index (χ0n) is 10.5. The van der Waals surface area contributed by atoms with Crippen molar-refractivity contribution in [2.45, 2.75) is 39.5 Å². The molecule has 0 aliphatic heterocycles. The molecule has 1 N–H and O–H groups in total. The van der Waals surface area contributed by atoms with Crippen molar-refractivity contribution in [1.29, 1.82) is 0 Å². The maximum absolute atomic E-state index is 5.31. The maximum atomic E-state index is 5.31. The van der Waals surface area contributed by atoms with Crippen molar-refractivity contribution in [3.8, 4) is 0 Å². The summed E-state index contributed by atoms with van der Waals surface area (Å²) in [4.78, 5) is 7.62. The van der Waals surface area contributed by atoms with E-state index in [0.29, 0.717) is 11.2 Å². The normalized spacial score (nSPS) is 11.8. The monoisotopic (exact) mass is 240 g/mol. The lowest BCUT2D eigenvalue weighted by Gasteiger charge is -2.19. The van der Waals surface area contributed by atoms with E-state index in [-0.39, 0.29) is 5.41 Å². The zero-order valence-corrected chi connectivity index (χ0v) is 11.3. The second-order valence-corrected chi connectivity index (χ2v) is 5.19. The molecule has 0 amide bonds. The highest BCUT2D eigenvalue weighted by Crippen LogP contribution is 2.19. The van der Waals surface area contributed by atoms with Crippen molar-refractivity contribution in [1.82, 2.24) is 9.97 Å². The van der Waals surface area contributed by atoms with Gasteiger partial charge in [-0.3, -0.25) is 0 Å². The Morgan fingerprint density at radius 1 is 1.44 bits per heavy atom. The molecule has 0 radical (unpaired) electrons. The average molecular weight is 240 g/mol. The van der Waals surface area contributed by atoms with Crippen molar-refractivity contribution in [2.75, 3.05) is 13.2 Å². The minimum atomic E-state index is 0.0663. The molecule has 90 valence electrons. The largest absolute Gasteiger partial charge is 0.381 e. The Balaban J connectivity index is 2.86. The van der Waals surface area contributed by atoms with Crippen LogP contribution in [0.3, 0.4) is 0 Å². The van der Waals surface area contributed by atoms with Crippen LogP contribution in [0.2, 0.25) is 0 Å². The summed E-state index contributed by atoms with van der Waals surface area (Å²) in [6, 6.07) is 1.93. The molecule has 16 heavy (non-hydrogen) atoms. The summed E-state index contributed by atoms with van der Waals surface area (Å²) in [6.07, 6.45) is 0.779. The number of hydrogen-bond acceptors (Lipinski definition) is 3. The third kappa shape index (κ3) is 4.02. The van der Waals surface area contributed by atoms with Gasteiger partial charge in [-0.1, -0.05) is 33.0 Å². The Labute approximate surface area is 102 Å². The summed E-state index contributed by atoms with van der Waals surface area (Å²) in [6.45, 7) is 9.86. The van der Waals surface area contributed by atoms with Crippen LogP contribution in [0.1, 0.15) is 39.2 Å². The number of aromatic nitrogens is 2. The van der Waals surface area contributed by atoms with Gasteiger partial charge in [0, 0.05) is 24.1 Å². The van der Waals surface area contributed by atoms with Crippen molar-refractivity contribution in [3.05, 3.63) is 22.2 Å². The van der Waals surface area contributed by atoms with Gasteiger partial charge in [-0.15, -0.1) is 0 Å². The maximum Gasteiger partial charge on any atom is 0.130 e. The van der Waals surface area contributed by atoms with Gasteiger partial charge < -0.3 is 9.72 Å². The van der Waals surface area contributed by atoms with Gasteiger partial charge in [0.1, 0.15) is 10.5 Å². The smallest absolute Gasteiger partial charge is 0.130 e. The van der Waals surface area contributed by atoms with Crippen molar-refractivity contribution in [3.63, 3.8) is 0 Å². The third-order valence-corrected chi connectivity index (χ3v) is 2.50. The lowest BCUT2D eigenvalue weighted by Crippen LogP contribution is -2.16. The van der Waals surface area contributed by atoms with E-state index in [9.17, 15) is 0 Å². The van der Waals surface area contributed by atoms with Gasteiger partial charge in [-0.2, -0.15) is 0 Å². The van der Waals surface area contributed by atoms with E-state index in [1.807, 2.05) is 13.0 Å². The van der Waals surface area contributed by atoms with Crippen molar-refractivity contribution >= 4 is 12.2 Å². The minimum Gasteiger partial charge on any atom is -0.381 e. The van der Waals surface area contributed by atoms with Crippen molar-refractivity contribution < 1.29 is 4.74 Å². The summed E-state index contributed by atoms with van der Waals surface area (Å²) in [5.41, 5.74) is 1.19. The lowest BCUT2D eigenvalue weighted by molar-refractivity contribution is 0.149. The molecular weight excluding hydrogens is 220 g/mol. The fourth-order valence-corrected chi connectivity index (χ4v) is 1.57. The highest BCUT2D eigenvalue weighted by Gasteiger charge is 2.15. The van der Waals surface area contributed by atoms with Gasteiger partial charge in [0.2, 0.25) is 0 Å². The van der Waals surface area contributed by atoms with Crippen LogP contribution in [-0.4, -0.2) is 23.2 Å². The summed E-state index contributed by atoms with van der Waals surface area (Å²) < 4.78 is 5.96. The molecule has 3 nitrogen and oxygen atoms in total. The first-order chi connectivity index (χ1) is 7.43. The molecule has 1 heterocycles. The topological polar surface area (TPSA) is 37.9 Å². The number of nitrogens with zero attached hydrogens (tertiary/aromatic N) is 1. The summed E-state index contributed by atoms with van der Waals surface area (Å²) >= 11 is 5.16. The second kappa shape index (κ2) is 5.55. The van der Waals surface area contributed by atoms with E-state index in [0.717, 1.165) is 24.5 Å². The molecule has 0 aromatic carbocycles. The fourth-order valence-electron chi connectivity index (χ4n) is 1.34. The Bertz CT molecular complexity index is 393. The molecule has 4 heteroatoms. The minimum absolute atomic E-state index is 0.0663. The highest BCUT2D eigenvalue weighted by molar-refractivity contribution is 7.71. The fraction of sp³-hybridized carbons (Fsp3) is 0.667. The van der Waals surface area contributed by atoms with Crippen LogP contribution >= 0.6 is 12.2 Å². The lowest BCUT2D eigenvalue weighted by atomic mass is 9.92. The molecule has 1 rings (SSSR count). The first kappa shape index (κ1) is 13.3. The molecule has 0 bridgehead atoms. The standard InChI is InChI=1S/C12H20N2OS/c1-5-15-7-6-10-13-9(12(2,3)4)8-11(16)14-10/h8H,5-7H2,1-4H3,(H,13,14,16). The summed E-state index contributed by atoms with van der Waals surface area (Å²) in [7, 11) is 0. The predicted molar refractivity (Wildman–Crippen MR) is 68.3 cm³/mol. The van der Waals surface area contributed by atoms with E-state index in [1.54, 1.807) is 0 Å². The number of hydrogen-bond donors (Lipinski definition) is 1. The van der Waals surface area contributed by atoms with Gasteiger partial charge in [-0.25, -0.2) is 4.98 Å². The molecule has 0 atom stereocenters. The Morgan fingerprint density at radius 3 is 2.69 bits per heavy atom. The Hall–Kier alpha value is -0.740. The van der Waals surface area contributed by atoms with Crippen LogP contribution in [0.4, 0.5) is 0 Å². The molecule has 0 unspecified atom stereocenters. The van der Waals surface area contributed by atoms with Gasteiger partial charge >= 0.3 is 0 Å². The highest BCUT2D eigenvalue weighted by atomic mass is 32.1. The molecule has 0 fully saturated rings. The van der Waals surface area contributed by atoms with Gasteiger partial charge in [0.05, 0.1) is 6.61 Å². The van der Waals surface area contributed by atoms with Crippen LogP contribution in [0.25, 0.3) is 0 Å². The number of rotatable bonds is 4. The van der Waals surface area contributed by atoms with Gasteiger partial charge in [-0.05, 0) is 13.0 Å². The number of H-pyrrole nitrogens is 1. The van der Waals surface area contributed by atoms with Gasteiger partial charge in [0.15, 0.2) is 0 Å². The van der Waals surface area contributed by atoms with E-state index in [1.165, 1.54) is 0 Å². The van der Waals surface area contributed by atoms with Crippen LogP contribution in [-0.2, 0) is 16.6 Å². The predicted octanol–water partition coefficient (Wildman–Crippen LogP) is 3.02. The van der Waals surface area contributed by atoms with E-state index in [4.69, 9.17) is 17.0 Å². The first-order valence-corrected chi connectivity index (χ1v) is 6.02. The van der Waals surface area contributed by atoms with E-state index >= 15 is 0 Å². The second-order valence-electron chi connectivity index (χ2n) is 4.78. The number of aromatic amines is 1. The summed E-state index contributed by atoms with van der Waals surface area (Å²) in [5.74, 6) is 0.908. The molecule has 0 saturated carbocycles. The van der Waals surface area contributed by atoms with E-state index < -0.39 is 0 Å². The summed E-state index contributed by atoms with van der Waals surface area (Å²) in [5, 5.41) is 0. The molecule has 0 aliphatic carbocycles. The van der Waals surface area contributed by atoms with Crippen LogP contribution in [0.15, 0.2) is 6.07 Å². The zero-order chi connectivity index (χ0) is 12.2. The third-order valence-electron chi connectivity index (χ3n) is 2.29.